The molecule has 0 aliphatic rings. The van der Waals surface area contributed by atoms with Crippen LogP contribution in [0.1, 0.15) is 30.9 Å². The second kappa shape index (κ2) is 7.55. The van der Waals surface area contributed by atoms with Gasteiger partial charge in [-0.2, -0.15) is 0 Å². The summed E-state index contributed by atoms with van der Waals surface area (Å²) >= 11 is 0. The molecule has 0 saturated carbocycles. The van der Waals surface area contributed by atoms with Gasteiger partial charge in [0.1, 0.15) is 18.0 Å². The molecule has 0 aliphatic carbocycles. The quantitative estimate of drug-likeness (QED) is 0.707. The molecule has 0 aliphatic heterocycles. The minimum atomic E-state index is 0.444. The number of pyridine rings is 1. The fourth-order valence-electron chi connectivity index (χ4n) is 2.47. The van der Waals surface area contributed by atoms with E-state index in [1.165, 1.54) is 5.56 Å². The van der Waals surface area contributed by atoms with Crippen molar-refractivity contribution in [1.29, 1.82) is 0 Å². The maximum absolute atomic E-state index is 4.32. The summed E-state index contributed by atoms with van der Waals surface area (Å²) < 4.78 is 0. The number of rotatable bonds is 6. The Hall–Kier alpha value is -2.95. The zero-order valence-electron chi connectivity index (χ0n) is 13.9. The van der Waals surface area contributed by atoms with E-state index in [9.17, 15) is 0 Å². The third-order valence-corrected chi connectivity index (χ3v) is 3.74. The van der Waals surface area contributed by atoms with Gasteiger partial charge in [0, 0.05) is 30.7 Å². The third kappa shape index (κ3) is 4.07. The molecule has 0 saturated heterocycles. The van der Waals surface area contributed by atoms with Crippen LogP contribution in [0.15, 0.2) is 61.2 Å². The highest BCUT2D eigenvalue weighted by atomic mass is 15.1. The number of para-hydroxylation sites is 1. The van der Waals surface area contributed by atoms with E-state index >= 15 is 0 Å². The molecule has 0 unspecified atom stereocenters. The molecular weight excluding hydrogens is 298 g/mol. The van der Waals surface area contributed by atoms with Crippen molar-refractivity contribution in [2.75, 3.05) is 10.6 Å². The van der Waals surface area contributed by atoms with Gasteiger partial charge in [-0.3, -0.25) is 4.98 Å². The third-order valence-electron chi connectivity index (χ3n) is 3.74. The van der Waals surface area contributed by atoms with E-state index in [-0.39, 0.29) is 0 Å². The van der Waals surface area contributed by atoms with E-state index in [1.807, 2.05) is 24.3 Å². The highest BCUT2D eigenvalue weighted by molar-refractivity contribution is 5.63. The Balaban J connectivity index is 1.72. The Bertz CT molecular complexity index is 787. The fraction of sp³-hybridized carbons (Fsp3) is 0.211. The smallest absolute Gasteiger partial charge is 0.135 e. The molecule has 1 aromatic carbocycles. The van der Waals surface area contributed by atoms with Crippen molar-refractivity contribution in [1.82, 2.24) is 15.0 Å². The summed E-state index contributed by atoms with van der Waals surface area (Å²) in [5.41, 5.74) is 3.50. The number of benzene rings is 1. The molecule has 0 spiro atoms. The molecule has 3 rings (SSSR count). The first kappa shape index (κ1) is 15.9. The molecule has 24 heavy (non-hydrogen) atoms. The van der Waals surface area contributed by atoms with Gasteiger partial charge in [0.2, 0.25) is 0 Å². The lowest BCUT2D eigenvalue weighted by Crippen LogP contribution is -2.04. The van der Waals surface area contributed by atoms with E-state index in [2.05, 4.69) is 57.6 Å². The summed E-state index contributed by atoms with van der Waals surface area (Å²) in [6.07, 6.45) is 5.13. The normalized spacial score (nSPS) is 10.6. The largest absolute Gasteiger partial charge is 0.366 e. The topological polar surface area (TPSA) is 62.7 Å². The van der Waals surface area contributed by atoms with Crippen LogP contribution in [0.25, 0.3) is 0 Å². The van der Waals surface area contributed by atoms with E-state index in [0.29, 0.717) is 12.5 Å². The van der Waals surface area contributed by atoms with Gasteiger partial charge in [0.25, 0.3) is 0 Å². The maximum atomic E-state index is 4.32. The van der Waals surface area contributed by atoms with E-state index in [0.717, 1.165) is 22.9 Å². The first-order chi connectivity index (χ1) is 11.7. The van der Waals surface area contributed by atoms with Crippen LogP contribution in [0, 0.1) is 0 Å². The number of anilines is 3. The molecule has 0 bridgehead atoms. The van der Waals surface area contributed by atoms with Gasteiger partial charge in [-0.05, 0) is 35.2 Å². The number of nitrogens with zero attached hydrogens (tertiary/aromatic N) is 3. The van der Waals surface area contributed by atoms with Crippen molar-refractivity contribution in [2.45, 2.75) is 26.3 Å². The summed E-state index contributed by atoms with van der Waals surface area (Å²) in [5.74, 6) is 2.00. The maximum Gasteiger partial charge on any atom is 0.135 e. The number of hydrogen-bond donors (Lipinski definition) is 2. The zero-order chi connectivity index (χ0) is 16.8. The monoisotopic (exact) mass is 319 g/mol. The lowest BCUT2D eigenvalue weighted by molar-refractivity contribution is 0.869. The van der Waals surface area contributed by atoms with Crippen LogP contribution in [0.2, 0.25) is 0 Å². The number of nitrogens with one attached hydrogen (secondary N) is 2. The fourth-order valence-corrected chi connectivity index (χ4v) is 2.47. The van der Waals surface area contributed by atoms with E-state index in [1.54, 1.807) is 18.7 Å². The van der Waals surface area contributed by atoms with Crippen molar-refractivity contribution in [3.05, 3.63) is 72.3 Å². The molecule has 5 heteroatoms. The lowest BCUT2D eigenvalue weighted by Gasteiger charge is -2.14. The molecule has 2 heterocycles. The molecule has 0 fully saturated rings. The lowest BCUT2D eigenvalue weighted by atomic mass is 10.0. The molecule has 0 amide bonds. The van der Waals surface area contributed by atoms with Gasteiger partial charge < -0.3 is 10.6 Å². The van der Waals surface area contributed by atoms with Gasteiger partial charge in [-0.1, -0.05) is 32.0 Å². The SMILES string of the molecule is CC(C)c1ccccc1Nc1cc(NCc2ccncc2)ncn1. The van der Waals surface area contributed by atoms with Crippen molar-refractivity contribution >= 4 is 17.3 Å². The summed E-state index contributed by atoms with van der Waals surface area (Å²) in [5, 5.41) is 6.70. The second-order valence-corrected chi connectivity index (χ2v) is 5.86. The standard InChI is InChI=1S/C19H21N5/c1-14(2)16-5-3-4-6-17(16)24-19-11-18(22-13-23-19)21-12-15-7-9-20-10-8-15/h3-11,13-14H,12H2,1-2H3,(H2,21,22,23,24). The van der Waals surface area contributed by atoms with Crippen molar-refractivity contribution < 1.29 is 0 Å². The van der Waals surface area contributed by atoms with Crippen molar-refractivity contribution in [3.63, 3.8) is 0 Å². The Morgan fingerprint density at radius 1 is 0.958 bits per heavy atom. The first-order valence-electron chi connectivity index (χ1n) is 8.03. The predicted molar refractivity (Wildman–Crippen MR) is 97.4 cm³/mol. The number of aromatic nitrogens is 3. The first-order valence-corrected chi connectivity index (χ1v) is 8.03. The molecule has 0 atom stereocenters. The Kier molecular flexibility index (Phi) is 5.01. The van der Waals surface area contributed by atoms with Gasteiger partial charge in [-0.25, -0.2) is 9.97 Å². The minimum absolute atomic E-state index is 0.444. The van der Waals surface area contributed by atoms with Crippen LogP contribution < -0.4 is 10.6 Å². The van der Waals surface area contributed by atoms with Crippen LogP contribution in [-0.4, -0.2) is 15.0 Å². The van der Waals surface area contributed by atoms with Crippen LogP contribution in [-0.2, 0) is 6.54 Å². The van der Waals surface area contributed by atoms with Crippen LogP contribution in [0.5, 0.6) is 0 Å². The minimum Gasteiger partial charge on any atom is -0.366 e. The Labute approximate surface area is 142 Å². The molecule has 3 aromatic rings. The van der Waals surface area contributed by atoms with E-state index < -0.39 is 0 Å². The molecular formula is C19H21N5. The second-order valence-electron chi connectivity index (χ2n) is 5.86. The van der Waals surface area contributed by atoms with E-state index in [4.69, 9.17) is 0 Å². The highest BCUT2D eigenvalue weighted by Gasteiger charge is 2.07. The average Bonchev–Trinajstić information content (AvgIpc) is 2.61. The van der Waals surface area contributed by atoms with Crippen LogP contribution in [0.3, 0.4) is 0 Å². The summed E-state index contributed by atoms with van der Waals surface area (Å²) in [6.45, 7) is 5.06. The van der Waals surface area contributed by atoms with Crippen molar-refractivity contribution in [3.8, 4) is 0 Å². The molecule has 0 radical (unpaired) electrons. The van der Waals surface area contributed by atoms with Crippen LogP contribution in [0.4, 0.5) is 17.3 Å². The Morgan fingerprint density at radius 3 is 2.50 bits per heavy atom. The van der Waals surface area contributed by atoms with Crippen LogP contribution >= 0.6 is 0 Å². The molecule has 122 valence electrons. The Morgan fingerprint density at radius 2 is 1.71 bits per heavy atom. The van der Waals surface area contributed by atoms with Gasteiger partial charge in [-0.15, -0.1) is 0 Å². The summed E-state index contributed by atoms with van der Waals surface area (Å²) in [7, 11) is 0. The van der Waals surface area contributed by atoms with Crippen molar-refractivity contribution in [2.24, 2.45) is 0 Å². The highest BCUT2D eigenvalue weighted by Crippen LogP contribution is 2.26. The van der Waals surface area contributed by atoms with Gasteiger partial charge in [0.05, 0.1) is 0 Å². The van der Waals surface area contributed by atoms with Gasteiger partial charge >= 0.3 is 0 Å². The zero-order valence-corrected chi connectivity index (χ0v) is 13.9. The predicted octanol–water partition coefficient (Wildman–Crippen LogP) is 4.35. The number of hydrogen-bond acceptors (Lipinski definition) is 5. The summed E-state index contributed by atoms with van der Waals surface area (Å²) in [6, 6.07) is 14.2. The molecule has 2 N–H and O–H groups in total. The summed E-state index contributed by atoms with van der Waals surface area (Å²) in [4.78, 5) is 12.6. The molecule has 2 aromatic heterocycles. The molecule has 5 nitrogen and oxygen atoms in total. The average molecular weight is 319 g/mol. The van der Waals surface area contributed by atoms with Gasteiger partial charge in [0.15, 0.2) is 0 Å².